The first kappa shape index (κ1) is 18.4. The molecule has 2 aromatic carbocycles. The van der Waals surface area contributed by atoms with Crippen LogP contribution in [0.1, 0.15) is 24.3 Å². The fraction of sp³-hybridized carbons (Fsp3) is 0.263. The first-order chi connectivity index (χ1) is 12.1. The first-order valence-corrected chi connectivity index (χ1v) is 7.99. The molecule has 2 aromatic rings. The molecule has 1 amide bonds. The van der Waals surface area contributed by atoms with Gasteiger partial charge in [-0.1, -0.05) is 36.4 Å². The monoisotopic (exact) mass is 345 g/mol. The average Bonchev–Trinajstić information content (AvgIpc) is 2.60. The molecule has 0 aliphatic rings. The highest BCUT2D eigenvalue weighted by molar-refractivity contribution is 5.79. The predicted molar refractivity (Wildman–Crippen MR) is 91.0 cm³/mol. The maximum atomic E-state index is 13.0. The van der Waals surface area contributed by atoms with Gasteiger partial charge in [-0.05, 0) is 24.1 Å². The van der Waals surface area contributed by atoms with Crippen molar-refractivity contribution in [3.63, 3.8) is 0 Å². The van der Waals surface area contributed by atoms with Crippen LogP contribution in [0.3, 0.4) is 0 Å². The van der Waals surface area contributed by atoms with Gasteiger partial charge in [0.25, 0.3) is 0 Å². The van der Waals surface area contributed by atoms with Crippen LogP contribution in [-0.4, -0.2) is 30.1 Å². The van der Waals surface area contributed by atoms with E-state index in [2.05, 4.69) is 5.32 Å². The molecule has 0 saturated carbocycles. The van der Waals surface area contributed by atoms with Crippen LogP contribution in [0.4, 0.5) is 4.39 Å². The summed E-state index contributed by atoms with van der Waals surface area (Å²) in [6.45, 7) is 0.306. The van der Waals surface area contributed by atoms with E-state index in [1.807, 2.05) is 0 Å². The number of carbonyl (C=O) groups excluding carboxylic acids is 1. The molecule has 6 heteroatoms. The summed E-state index contributed by atoms with van der Waals surface area (Å²) in [4.78, 5) is 23.2. The van der Waals surface area contributed by atoms with E-state index >= 15 is 0 Å². The van der Waals surface area contributed by atoms with Gasteiger partial charge in [0.2, 0.25) is 5.91 Å². The van der Waals surface area contributed by atoms with E-state index in [4.69, 9.17) is 4.74 Å². The first-order valence-electron chi connectivity index (χ1n) is 7.99. The fourth-order valence-electron chi connectivity index (χ4n) is 2.32. The number of carbonyl (C=O) groups is 2. The Morgan fingerprint density at radius 2 is 1.88 bits per heavy atom. The second-order valence-corrected chi connectivity index (χ2v) is 5.51. The van der Waals surface area contributed by atoms with Gasteiger partial charge in [0, 0.05) is 19.0 Å². The molecule has 1 atom stereocenters. The molecule has 25 heavy (non-hydrogen) atoms. The number of halogens is 1. The third kappa shape index (κ3) is 6.25. The van der Waals surface area contributed by atoms with Gasteiger partial charge in [0.15, 0.2) is 0 Å². The Hall–Kier alpha value is -2.89. The van der Waals surface area contributed by atoms with Crippen molar-refractivity contribution in [2.75, 3.05) is 13.2 Å². The maximum absolute atomic E-state index is 13.0. The van der Waals surface area contributed by atoms with E-state index in [9.17, 15) is 19.1 Å². The predicted octanol–water partition coefficient (Wildman–Crippen LogP) is 2.97. The summed E-state index contributed by atoms with van der Waals surface area (Å²) in [7, 11) is 0. The minimum absolute atomic E-state index is 0.0307. The van der Waals surface area contributed by atoms with Crippen LogP contribution in [0, 0.1) is 5.82 Å². The molecular weight excluding hydrogens is 325 g/mol. The lowest BCUT2D eigenvalue weighted by molar-refractivity contribution is -0.138. The van der Waals surface area contributed by atoms with Crippen LogP contribution >= 0.6 is 0 Å². The molecule has 0 aliphatic heterocycles. The van der Waals surface area contributed by atoms with Crippen molar-refractivity contribution in [2.24, 2.45) is 0 Å². The van der Waals surface area contributed by atoms with Gasteiger partial charge in [-0.25, -0.2) is 4.39 Å². The molecule has 5 nitrogen and oxygen atoms in total. The van der Waals surface area contributed by atoms with Gasteiger partial charge in [-0.2, -0.15) is 0 Å². The number of amides is 1. The zero-order chi connectivity index (χ0) is 18.1. The molecule has 2 rings (SSSR count). The lowest BCUT2D eigenvalue weighted by Crippen LogP contribution is -2.31. The molecule has 0 saturated heterocycles. The van der Waals surface area contributed by atoms with Crippen LogP contribution in [-0.2, 0) is 9.59 Å². The lowest BCUT2D eigenvalue weighted by atomic mass is 9.99. The van der Waals surface area contributed by atoms with Crippen molar-refractivity contribution < 1.29 is 23.8 Å². The van der Waals surface area contributed by atoms with Crippen molar-refractivity contribution in [1.29, 1.82) is 0 Å². The molecule has 0 bridgehead atoms. The van der Waals surface area contributed by atoms with E-state index < -0.39 is 11.9 Å². The van der Waals surface area contributed by atoms with E-state index in [1.165, 1.54) is 12.1 Å². The Labute approximate surface area is 145 Å². The number of aliphatic carboxylic acids is 1. The summed E-state index contributed by atoms with van der Waals surface area (Å²) in [6, 6.07) is 14.6. The molecule has 0 aromatic heterocycles. The molecule has 0 fully saturated rings. The number of rotatable bonds is 9. The lowest BCUT2D eigenvalue weighted by Gasteiger charge is -2.14. The molecule has 1 unspecified atom stereocenters. The molecule has 0 heterocycles. The second kappa shape index (κ2) is 9.42. The normalized spacial score (nSPS) is 11.6. The van der Waals surface area contributed by atoms with Gasteiger partial charge in [-0.15, -0.1) is 0 Å². The summed E-state index contributed by atoms with van der Waals surface area (Å²) in [5.41, 5.74) is 0.643. The number of carboxylic acid groups (broad SMARTS) is 1. The Bertz CT molecular complexity index is 706. The van der Waals surface area contributed by atoms with Gasteiger partial charge < -0.3 is 15.2 Å². The smallest absolute Gasteiger partial charge is 0.312 e. The van der Waals surface area contributed by atoms with Crippen LogP contribution in [0.25, 0.3) is 0 Å². The van der Waals surface area contributed by atoms with E-state index in [0.29, 0.717) is 17.7 Å². The highest BCUT2D eigenvalue weighted by Crippen LogP contribution is 2.15. The Morgan fingerprint density at radius 3 is 2.56 bits per heavy atom. The van der Waals surface area contributed by atoms with Crippen molar-refractivity contribution in [3.8, 4) is 5.75 Å². The standard InChI is InChI=1S/C19H20FNO4/c20-15-8-4-9-16(12-15)25-11-5-10-18(22)21-13-17(19(23)24)14-6-2-1-3-7-14/h1-4,6-9,12,17H,5,10-11,13H2,(H,21,22)(H,23,24). The number of nitrogens with one attached hydrogen (secondary N) is 1. The van der Waals surface area contributed by atoms with Crippen LogP contribution in [0.15, 0.2) is 54.6 Å². The SMILES string of the molecule is O=C(CCCOc1cccc(F)c1)NCC(C(=O)O)c1ccccc1. The van der Waals surface area contributed by atoms with E-state index in [-0.39, 0.29) is 31.3 Å². The number of benzene rings is 2. The van der Waals surface area contributed by atoms with Gasteiger partial charge in [0.1, 0.15) is 11.6 Å². The summed E-state index contributed by atoms with van der Waals surface area (Å²) >= 11 is 0. The highest BCUT2D eigenvalue weighted by Gasteiger charge is 2.20. The molecule has 0 aliphatic carbocycles. The number of ether oxygens (including phenoxy) is 1. The highest BCUT2D eigenvalue weighted by atomic mass is 19.1. The Balaban J connectivity index is 1.71. The van der Waals surface area contributed by atoms with E-state index in [0.717, 1.165) is 0 Å². The molecule has 132 valence electrons. The van der Waals surface area contributed by atoms with Crippen LogP contribution in [0.2, 0.25) is 0 Å². The average molecular weight is 345 g/mol. The summed E-state index contributed by atoms with van der Waals surface area (Å²) < 4.78 is 18.3. The third-order valence-electron chi connectivity index (χ3n) is 3.62. The topological polar surface area (TPSA) is 75.6 Å². The third-order valence-corrected chi connectivity index (χ3v) is 3.62. The maximum Gasteiger partial charge on any atom is 0.312 e. The van der Waals surface area contributed by atoms with E-state index in [1.54, 1.807) is 42.5 Å². The van der Waals surface area contributed by atoms with Crippen molar-refractivity contribution in [1.82, 2.24) is 5.32 Å². The largest absolute Gasteiger partial charge is 0.493 e. The second-order valence-electron chi connectivity index (χ2n) is 5.51. The fourth-order valence-corrected chi connectivity index (χ4v) is 2.32. The number of hydrogen-bond donors (Lipinski definition) is 2. The number of carboxylic acids is 1. The zero-order valence-electron chi connectivity index (χ0n) is 13.7. The summed E-state index contributed by atoms with van der Waals surface area (Å²) in [5.74, 6) is -1.98. The van der Waals surface area contributed by atoms with Gasteiger partial charge in [-0.3, -0.25) is 9.59 Å². The summed E-state index contributed by atoms with van der Waals surface area (Å²) in [5, 5.41) is 11.9. The molecule has 0 spiro atoms. The molecule has 0 radical (unpaired) electrons. The van der Waals surface area contributed by atoms with Crippen molar-refractivity contribution >= 4 is 11.9 Å². The minimum Gasteiger partial charge on any atom is -0.493 e. The van der Waals surface area contributed by atoms with Crippen LogP contribution in [0.5, 0.6) is 5.75 Å². The van der Waals surface area contributed by atoms with Gasteiger partial charge in [0.05, 0.1) is 12.5 Å². The Morgan fingerprint density at radius 1 is 1.12 bits per heavy atom. The quantitative estimate of drug-likeness (QED) is 0.685. The zero-order valence-corrected chi connectivity index (χ0v) is 13.7. The van der Waals surface area contributed by atoms with Crippen LogP contribution < -0.4 is 10.1 Å². The summed E-state index contributed by atoms with van der Waals surface area (Å²) in [6.07, 6.45) is 0.655. The molecule has 2 N–H and O–H groups in total. The Kier molecular flexibility index (Phi) is 6.95. The minimum atomic E-state index is -0.985. The van der Waals surface area contributed by atoms with Crippen molar-refractivity contribution in [2.45, 2.75) is 18.8 Å². The van der Waals surface area contributed by atoms with Crippen molar-refractivity contribution in [3.05, 3.63) is 66.0 Å². The number of hydrogen-bond acceptors (Lipinski definition) is 3. The molecular formula is C19H20FNO4. The van der Waals surface area contributed by atoms with Gasteiger partial charge >= 0.3 is 5.97 Å².